The maximum absolute atomic E-state index is 12.6. The third-order valence-corrected chi connectivity index (χ3v) is 5.22. The molecule has 1 aliphatic heterocycles. The van der Waals surface area contributed by atoms with Crippen molar-refractivity contribution < 1.29 is 9.21 Å². The lowest BCUT2D eigenvalue weighted by Gasteiger charge is -2.31. The van der Waals surface area contributed by atoms with Gasteiger partial charge in [0.25, 0.3) is 0 Å². The van der Waals surface area contributed by atoms with Crippen molar-refractivity contribution in [1.82, 2.24) is 15.1 Å². The number of urea groups is 1. The highest BCUT2D eigenvalue weighted by Gasteiger charge is 2.28. The SMILES string of the molecule is Cc1cccc(NC(=O)N2CCCC(c3nnc(-c4ccsc4)o3)C2)c1. The normalized spacial score (nSPS) is 17.3. The Kier molecular flexibility index (Phi) is 4.71. The van der Waals surface area contributed by atoms with Gasteiger partial charge in [-0.3, -0.25) is 0 Å². The lowest BCUT2D eigenvalue weighted by Crippen LogP contribution is -2.41. The average molecular weight is 368 g/mol. The summed E-state index contributed by atoms with van der Waals surface area (Å²) >= 11 is 1.60. The first-order chi connectivity index (χ1) is 12.7. The molecule has 0 aliphatic carbocycles. The van der Waals surface area contributed by atoms with Gasteiger partial charge in [0.2, 0.25) is 11.8 Å². The predicted octanol–water partition coefficient (Wildman–Crippen LogP) is 4.52. The third-order valence-electron chi connectivity index (χ3n) is 4.54. The lowest BCUT2D eigenvalue weighted by atomic mass is 9.98. The molecule has 134 valence electrons. The number of thiophene rings is 1. The minimum atomic E-state index is -0.0853. The molecule has 0 radical (unpaired) electrons. The summed E-state index contributed by atoms with van der Waals surface area (Å²) in [5.74, 6) is 1.23. The molecule has 6 nitrogen and oxygen atoms in total. The summed E-state index contributed by atoms with van der Waals surface area (Å²) < 4.78 is 5.86. The molecule has 3 aromatic rings. The minimum absolute atomic E-state index is 0.0758. The van der Waals surface area contributed by atoms with Crippen molar-refractivity contribution in [3.05, 3.63) is 52.5 Å². The van der Waals surface area contributed by atoms with Crippen molar-refractivity contribution in [2.75, 3.05) is 18.4 Å². The van der Waals surface area contributed by atoms with Crippen molar-refractivity contribution >= 4 is 23.1 Å². The molecule has 7 heteroatoms. The van der Waals surface area contributed by atoms with Crippen LogP contribution >= 0.6 is 11.3 Å². The Bertz CT molecular complexity index is 891. The third kappa shape index (κ3) is 3.62. The number of nitrogens with one attached hydrogen (secondary N) is 1. The lowest BCUT2D eigenvalue weighted by molar-refractivity contribution is 0.187. The second kappa shape index (κ2) is 7.29. The molecule has 2 amide bonds. The average Bonchev–Trinajstić information content (AvgIpc) is 3.33. The maximum Gasteiger partial charge on any atom is 0.321 e. The molecule has 1 aromatic carbocycles. The highest BCUT2D eigenvalue weighted by atomic mass is 32.1. The van der Waals surface area contributed by atoms with E-state index in [1.165, 1.54) is 0 Å². The molecule has 1 aliphatic rings. The molecule has 2 aromatic heterocycles. The Labute approximate surface area is 155 Å². The van der Waals surface area contributed by atoms with Crippen LogP contribution in [0.25, 0.3) is 11.5 Å². The zero-order valence-corrected chi connectivity index (χ0v) is 15.3. The summed E-state index contributed by atoms with van der Waals surface area (Å²) in [4.78, 5) is 14.4. The first-order valence-corrected chi connectivity index (χ1v) is 9.62. The Balaban J connectivity index is 1.43. The van der Waals surface area contributed by atoms with Gasteiger partial charge >= 0.3 is 6.03 Å². The number of hydrogen-bond donors (Lipinski definition) is 1. The summed E-state index contributed by atoms with van der Waals surface area (Å²) in [6.07, 6.45) is 1.86. The molecular formula is C19H20N4O2S. The molecule has 0 bridgehead atoms. The molecule has 1 atom stereocenters. The maximum atomic E-state index is 12.6. The summed E-state index contributed by atoms with van der Waals surface area (Å²) in [5, 5.41) is 15.3. The molecule has 1 unspecified atom stereocenters. The van der Waals surface area contributed by atoms with Gasteiger partial charge < -0.3 is 14.6 Å². The van der Waals surface area contributed by atoms with E-state index in [1.807, 2.05) is 52.9 Å². The number of amides is 2. The second-order valence-electron chi connectivity index (χ2n) is 6.54. The number of rotatable bonds is 3. The van der Waals surface area contributed by atoms with Crippen LogP contribution < -0.4 is 5.32 Å². The number of hydrogen-bond acceptors (Lipinski definition) is 5. The first kappa shape index (κ1) is 16.8. The van der Waals surface area contributed by atoms with Crippen LogP contribution in [0.4, 0.5) is 10.5 Å². The number of nitrogens with zero attached hydrogens (tertiary/aromatic N) is 3. The summed E-state index contributed by atoms with van der Waals surface area (Å²) in [5.41, 5.74) is 2.87. The molecule has 1 saturated heterocycles. The summed E-state index contributed by atoms with van der Waals surface area (Å²) in [6.45, 7) is 3.33. The Morgan fingerprint density at radius 2 is 2.27 bits per heavy atom. The molecule has 1 N–H and O–H groups in total. The Morgan fingerprint density at radius 3 is 3.08 bits per heavy atom. The smallest absolute Gasteiger partial charge is 0.321 e. The molecule has 0 saturated carbocycles. The number of benzene rings is 1. The first-order valence-electron chi connectivity index (χ1n) is 8.67. The Morgan fingerprint density at radius 1 is 1.35 bits per heavy atom. The van der Waals surface area contributed by atoms with Crippen LogP contribution in [0.3, 0.4) is 0 Å². The van der Waals surface area contributed by atoms with Gasteiger partial charge in [-0.15, -0.1) is 10.2 Å². The number of likely N-dealkylation sites (tertiary alicyclic amines) is 1. The van der Waals surface area contributed by atoms with Crippen molar-refractivity contribution in [3.63, 3.8) is 0 Å². The zero-order chi connectivity index (χ0) is 17.9. The molecule has 1 fully saturated rings. The van der Waals surface area contributed by atoms with E-state index in [1.54, 1.807) is 11.3 Å². The van der Waals surface area contributed by atoms with Gasteiger partial charge in [0.15, 0.2) is 0 Å². The van der Waals surface area contributed by atoms with Crippen LogP contribution in [-0.2, 0) is 0 Å². The number of aromatic nitrogens is 2. The van der Waals surface area contributed by atoms with Crippen molar-refractivity contribution in [2.24, 2.45) is 0 Å². The highest BCUT2D eigenvalue weighted by molar-refractivity contribution is 7.08. The van der Waals surface area contributed by atoms with E-state index in [2.05, 4.69) is 15.5 Å². The molecule has 3 heterocycles. The van der Waals surface area contributed by atoms with Crippen molar-refractivity contribution in [3.8, 4) is 11.5 Å². The van der Waals surface area contributed by atoms with Crippen LogP contribution in [0.1, 0.15) is 30.2 Å². The summed E-state index contributed by atoms with van der Waals surface area (Å²) in [7, 11) is 0. The highest BCUT2D eigenvalue weighted by Crippen LogP contribution is 2.29. The molecule has 0 spiro atoms. The van der Waals surface area contributed by atoms with E-state index in [4.69, 9.17) is 4.42 Å². The van der Waals surface area contributed by atoms with E-state index < -0.39 is 0 Å². The fourth-order valence-electron chi connectivity index (χ4n) is 3.19. The number of aryl methyl sites for hydroxylation is 1. The van der Waals surface area contributed by atoms with Crippen LogP contribution in [0.2, 0.25) is 0 Å². The van der Waals surface area contributed by atoms with Gasteiger partial charge in [0, 0.05) is 29.7 Å². The van der Waals surface area contributed by atoms with Crippen LogP contribution in [-0.4, -0.2) is 34.2 Å². The Hall–Kier alpha value is -2.67. The molecule has 26 heavy (non-hydrogen) atoms. The molecule has 4 rings (SSSR count). The number of carbonyl (C=O) groups excluding carboxylic acids is 1. The van der Waals surface area contributed by atoms with Crippen LogP contribution in [0.5, 0.6) is 0 Å². The molecular weight excluding hydrogens is 348 g/mol. The monoisotopic (exact) mass is 368 g/mol. The van der Waals surface area contributed by atoms with Crippen molar-refractivity contribution in [2.45, 2.75) is 25.7 Å². The number of piperidine rings is 1. The van der Waals surface area contributed by atoms with Crippen LogP contribution in [0.15, 0.2) is 45.5 Å². The second-order valence-corrected chi connectivity index (χ2v) is 7.32. The topological polar surface area (TPSA) is 71.3 Å². The summed E-state index contributed by atoms with van der Waals surface area (Å²) in [6, 6.07) is 9.69. The van der Waals surface area contributed by atoms with Gasteiger partial charge in [-0.05, 0) is 48.9 Å². The minimum Gasteiger partial charge on any atom is -0.420 e. The van der Waals surface area contributed by atoms with Gasteiger partial charge in [-0.25, -0.2) is 4.79 Å². The van der Waals surface area contributed by atoms with E-state index >= 15 is 0 Å². The van der Waals surface area contributed by atoms with Gasteiger partial charge in [-0.2, -0.15) is 11.3 Å². The van der Waals surface area contributed by atoms with E-state index in [9.17, 15) is 4.79 Å². The standard InChI is InChI=1S/C19H20N4O2S/c1-13-4-2-6-16(10-13)20-19(24)23-8-3-5-14(11-23)17-21-22-18(25-17)15-7-9-26-12-15/h2,4,6-7,9-10,12,14H,3,5,8,11H2,1H3,(H,20,24). The van der Waals surface area contributed by atoms with Gasteiger partial charge in [0.1, 0.15) is 0 Å². The quantitative estimate of drug-likeness (QED) is 0.738. The number of anilines is 1. The number of carbonyl (C=O) groups is 1. The van der Waals surface area contributed by atoms with Crippen LogP contribution in [0, 0.1) is 6.92 Å². The van der Waals surface area contributed by atoms with E-state index in [0.29, 0.717) is 18.3 Å². The van der Waals surface area contributed by atoms with Gasteiger partial charge in [-0.1, -0.05) is 12.1 Å². The predicted molar refractivity (Wildman–Crippen MR) is 101 cm³/mol. The zero-order valence-electron chi connectivity index (χ0n) is 14.5. The van der Waals surface area contributed by atoms with Gasteiger partial charge in [0.05, 0.1) is 5.92 Å². The van der Waals surface area contributed by atoms with E-state index in [0.717, 1.165) is 36.2 Å². The fourth-order valence-corrected chi connectivity index (χ4v) is 3.82. The van der Waals surface area contributed by atoms with Crippen molar-refractivity contribution in [1.29, 1.82) is 0 Å². The van der Waals surface area contributed by atoms with E-state index in [-0.39, 0.29) is 11.9 Å². The fraction of sp³-hybridized carbons (Fsp3) is 0.316. The largest absolute Gasteiger partial charge is 0.420 e.